The van der Waals surface area contributed by atoms with E-state index in [1.807, 2.05) is 12.1 Å². The van der Waals surface area contributed by atoms with Crippen molar-refractivity contribution in [3.63, 3.8) is 0 Å². The van der Waals surface area contributed by atoms with Gasteiger partial charge in [-0.3, -0.25) is 0 Å². The van der Waals surface area contributed by atoms with Gasteiger partial charge in [-0.15, -0.1) is 0 Å². The van der Waals surface area contributed by atoms with Crippen LogP contribution in [0.2, 0.25) is 0 Å². The molecule has 0 spiro atoms. The normalized spacial score (nSPS) is 12.7. The Morgan fingerprint density at radius 1 is 1.05 bits per heavy atom. The average molecular weight is 278 g/mol. The van der Waals surface area contributed by atoms with Gasteiger partial charge < -0.3 is 15.4 Å². The van der Waals surface area contributed by atoms with Crippen molar-refractivity contribution in [2.24, 2.45) is 5.92 Å². The molecule has 0 saturated carbocycles. The number of ether oxygens (including phenoxy) is 1. The van der Waals surface area contributed by atoms with E-state index in [9.17, 15) is 0 Å². The molecular weight excluding hydrogens is 248 g/mol. The van der Waals surface area contributed by atoms with Crippen LogP contribution in [0.3, 0.4) is 0 Å². The molecule has 1 unspecified atom stereocenters. The molecule has 1 rings (SSSR count). The van der Waals surface area contributed by atoms with E-state index in [-0.39, 0.29) is 0 Å². The summed E-state index contributed by atoms with van der Waals surface area (Å²) in [6.45, 7) is 9.91. The maximum Gasteiger partial charge on any atom is 0.118 e. The van der Waals surface area contributed by atoms with Crippen molar-refractivity contribution in [1.29, 1.82) is 0 Å². The van der Waals surface area contributed by atoms with Gasteiger partial charge in [-0.2, -0.15) is 0 Å². The van der Waals surface area contributed by atoms with Gasteiger partial charge >= 0.3 is 0 Å². The lowest BCUT2D eigenvalue weighted by molar-refractivity contribution is 0.414. The van der Waals surface area contributed by atoms with Crippen LogP contribution < -0.4 is 15.4 Å². The maximum absolute atomic E-state index is 5.16. The lowest BCUT2D eigenvalue weighted by atomic mass is 10.1. The van der Waals surface area contributed by atoms with Gasteiger partial charge in [0.15, 0.2) is 0 Å². The van der Waals surface area contributed by atoms with E-state index in [0.29, 0.717) is 6.04 Å². The molecule has 0 heterocycles. The monoisotopic (exact) mass is 278 g/mol. The third-order valence-corrected chi connectivity index (χ3v) is 3.30. The SMILES string of the molecule is COc1ccc(CCCNC(C)CNCC(C)C)cc1. The highest BCUT2D eigenvalue weighted by Gasteiger charge is 2.01. The van der Waals surface area contributed by atoms with Gasteiger partial charge in [0.05, 0.1) is 7.11 Å². The quantitative estimate of drug-likeness (QED) is 0.646. The molecule has 0 amide bonds. The highest BCUT2D eigenvalue weighted by atomic mass is 16.5. The van der Waals surface area contributed by atoms with E-state index < -0.39 is 0 Å². The fraction of sp³-hybridized carbons (Fsp3) is 0.647. The zero-order chi connectivity index (χ0) is 14.8. The molecule has 0 aliphatic carbocycles. The van der Waals surface area contributed by atoms with Crippen molar-refractivity contribution in [2.75, 3.05) is 26.7 Å². The molecule has 20 heavy (non-hydrogen) atoms. The van der Waals surface area contributed by atoms with Crippen molar-refractivity contribution < 1.29 is 4.74 Å². The van der Waals surface area contributed by atoms with Crippen molar-refractivity contribution in [3.05, 3.63) is 29.8 Å². The first-order chi connectivity index (χ1) is 9.61. The van der Waals surface area contributed by atoms with Gasteiger partial charge in [-0.25, -0.2) is 0 Å². The third kappa shape index (κ3) is 7.51. The summed E-state index contributed by atoms with van der Waals surface area (Å²) >= 11 is 0. The molecule has 1 aromatic rings. The second kappa shape index (κ2) is 9.78. The highest BCUT2D eigenvalue weighted by Crippen LogP contribution is 2.12. The summed E-state index contributed by atoms with van der Waals surface area (Å²) in [7, 11) is 1.70. The molecule has 0 saturated heterocycles. The molecule has 2 N–H and O–H groups in total. The molecule has 1 aromatic carbocycles. The smallest absolute Gasteiger partial charge is 0.118 e. The van der Waals surface area contributed by atoms with Crippen LogP contribution in [-0.4, -0.2) is 32.8 Å². The molecule has 1 atom stereocenters. The predicted octanol–water partition coefficient (Wildman–Crippen LogP) is 2.85. The average Bonchev–Trinajstić information content (AvgIpc) is 2.44. The Balaban J connectivity index is 2.08. The van der Waals surface area contributed by atoms with Gasteiger partial charge in [0.2, 0.25) is 0 Å². The van der Waals surface area contributed by atoms with Crippen molar-refractivity contribution in [1.82, 2.24) is 10.6 Å². The minimum atomic E-state index is 0.532. The van der Waals surface area contributed by atoms with Crippen LogP contribution in [0.5, 0.6) is 5.75 Å². The summed E-state index contributed by atoms with van der Waals surface area (Å²) in [6, 6.07) is 8.88. The summed E-state index contributed by atoms with van der Waals surface area (Å²) in [5.74, 6) is 1.65. The zero-order valence-electron chi connectivity index (χ0n) is 13.4. The fourth-order valence-corrected chi connectivity index (χ4v) is 2.09. The molecule has 0 aliphatic heterocycles. The van der Waals surface area contributed by atoms with Crippen LogP contribution in [0.4, 0.5) is 0 Å². The summed E-state index contributed by atoms with van der Waals surface area (Å²) in [4.78, 5) is 0. The second-order valence-electron chi connectivity index (χ2n) is 5.86. The predicted molar refractivity (Wildman–Crippen MR) is 86.5 cm³/mol. The minimum absolute atomic E-state index is 0.532. The second-order valence-corrected chi connectivity index (χ2v) is 5.86. The first-order valence-corrected chi connectivity index (χ1v) is 7.69. The van der Waals surface area contributed by atoms with Crippen LogP contribution in [0.15, 0.2) is 24.3 Å². The Morgan fingerprint density at radius 3 is 2.35 bits per heavy atom. The Morgan fingerprint density at radius 2 is 1.75 bits per heavy atom. The Hall–Kier alpha value is -1.06. The van der Waals surface area contributed by atoms with Gasteiger partial charge in [0.25, 0.3) is 0 Å². The minimum Gasteiger partial charge on any atom is -0.497 e. The zero-order valence-corrected chi connectivity index (χ0v) is 13.4. The summed E-state index contributed by atoms with van der Waals surface area (Å²) in [5, 5.41) is 7.04. The Labute approximate surface area is 124 Å². The molecule has 0 fully saturated rings. The number of hydrogen-bond acceptors (Lipinski definition) is 3. The topological polar surface area (TPSA) is 33.3 Å². The lowest BCUT2D eigenvalue weighted by Gasteiger charge is -2.15. The van der Waals surface area contributed by atoms with Gasteiger partial charge in [-0.1, -0.05) is 26.0 Å². The van der Waals surface area contributed by atoms with E-state index in [2.05, 4.69) is 43.5 Å². The van der Waals surface area contributed by atoms with Crippen LogP contribution in [0.25, 0.3) is 0 Å². The van der Waals surface area contributed by atoms with Crippen LogP contribution >= 0.6 is 0 Å². The molecule has 0 aliphatic rings. The van der Waals surface area contributed by atoms with E-state index in [4.69, 9.17) is 4.74 Å². The van der Waals surface area contributed by atoms with E-state index in [1.54, 1.807) is 7.11 Å². The molecule has 114 valence electrons. The standard InChI is InChI=1S/C17H30N2O/c1-14(2)12-18-13-15(3)19-11-5-6-16-7-9-17(20-4)10-8-16/h7-10,14-15,18-19H,5-6,11-13H2,1-4H3. The molecule has 0 bridgehead atoms. The number of methoxy groups -OCH3 is 1. The van der Waals surface area contributed by atoms with Gasteiger partial charge in [0, 0.05) is 12.6 Å². The number of benzene rings is 1. The highest BCUT2D eigenvalue weighted by molar-refractivity contribution is 5.27. The van der Waals surface area contributed by atoms with Gasteiger partial charge in [0.1, 0.15) is 5.75 Å². The first-order valence-electron chi connectivity index (χ1n) is 7.69. The fourth-order valence-electron chi connectivity index (χ4n) is 2.09. The van der Waals surface area contributed by atoms with Crippen LogP contribution in [0, 0.1) is 5.92 Å². The molecule has 3 heteroatoms. The lowest BCUT2D eigenvalue weighted by Crippen LogP contribution is -2.38. The summed E-state index contributed by atoms with van der Waals surface area (Å²) < 4.78 is 5.16. The van der Waals surface area contributed by atoms with E-state index in [0.717, 1.165) is 37.7 Å². The molecule has 3 nitrogen and oxygen atoms in total. The third-order valence-electron chi connectivity index (χ3n) is 3.30. The van der Waals surface area contributed by atoms with E-state index in [1.165, 1.54) is 12.0 Å². The summed E-state index contributed by atoms with van der Waals surface area (Å²) in [5.41, 5.74) is 1.37. The molecule has 0 aromatic heterocycles. The van der Waals surface area contributed by atoms with Crippen molar-refractivity contribution >= 4 is 0 Å². The maximum atomic E-state index is 5.16. The number of rotatable bonds is 10. The summed E-state index contributed by atoms with van der Waals surface area (Å²) in [6.07, 6.45) is 2.28. The first kappa shape index (κ1) is 17.0. The van der Waals surface area contributed by atoms with E-state index >= 15 is 0 Å². The Kier molecular flexibility index (Phi) is 8.31. The van der Waals surface area contributed by atoms with Gasteiger partial charge in [-0.05, 0) is 56.5 Å². The number of aryl methyl sites for hydroxylation is 1. The Bertz CT molecular complexity index is 349. The molecular formula is C17H30N2O. The van der Waals surface area contributed by atoms with Crippen molar-refractivity contribution in [2.45, 2.75) is 39.7 Å². The van der Waals surface area contributed by atoms with Crippen LogP contribution in [-0.2, 0) is 6.42 Å². The largest absolute Gasteiger partial charge is 0.497 e. The van der Waals surface area contributed by atoms with Crippen LogP contribution in [0.1, 0.15) is 32.8 Å². The molecule has 0 radical (unpaired) electrons. The number of nitrogens with one attached hydrogen (secondary N) is 2. The number of hydrogen-bond donors (Lipinski definition) is 2. The van der Waals surface area contributed by atoms with Crippen molar-refractivity contribution in [3.8, 4) is 5.75 Å².